The lowest BCUT2D eigenvalue weighted by Gasteiger charge is -2.37. The topological polar surface area (TPSA) is 55.6 Å². The number of carbonyl (C=O) groups excluding carboxylic acids is 1. The van der Waals surface area contributed by atoms with Crippen molar-refractivity contribution in [2.75, 3.05) is 20.3 Å². The van der Waals surface area contributed by atoms with Crippen LogP contribution in [-0.4, -0.2) is 42.6 Å². The molecule has 0 aromatic rings. The van der Waals surface area contributed by atoms with Gasteiger partial charge in [-0.2, -0.15) is 0 Å². The molecule has 2 fully saturated rings. The highest BCUT2D eigenvalue weighted by Crippen LogP contribution is 2.35. The Kier molecular flexibility index (Phi) is 3.22. The fraction of sp³-hybridized carbons (Fsp3) is 0.917. The van der Waals surface area contributed by atoms with Crippen LogP contribution in [0, 0.1) is 5.92 Å². The van der Waals surface area contributed by atoms with Crippen molar-refractivity contribution in [3.05, 3.63) is 0 Å². The molecular weight excluding hydrogens is 204 g/mol. The summed E-state index contributed by atoms with van der Waals surface area (Å²) < 4.78 is 5.26. The van der Waals surface area contributed by atoms with Crippen LogP contribution in [0.25, 0.3) is 0 Å². The Morgan fingerprint density at radius 3 is 2.50 bits per heavy atom. The lowest BCUT2D eigenvalue weighted by atomic mass is 9.89. The number of rotatable bonds is 3. The Labute approximate surface area is 97.1 Å². The molecule has 4 nitrogen and oxygen atoms in total. The van der Waals surface area contributed by atoms with E-state index in [1.807, 2.05) is 11.9 Å². The Morgan fingerprint density at radius 2 is 2.00 bits per heavy atom. The largest absolute Gasteiger partial charge is 0.381 e. The molecule has 0 radical (unpaired) electrons. The van der Waals surface area contributed by atoms with Crippen molar-refractivity contribution >= 4 is 5.91 Å². The molecule has 0 aromatic heterocycles. The zero-order valence-corrected chi connectivity index (χ0v) is 10.2. The van der Waals surface area contributed by atoms with Crippen LogP contribution in [0.1, 0.15) is 32.6 Å². The third-order valence-corrected chi connectivity index (χ3v) is 4.05. The van der Waals surface area contributed by atoms with Gasteiger partial charge in [0.15, 0.2) is 0 Å². The molecule has 2 aliphatic rings. The minimum atomic E-state index is -0.684. The van der Waals surface area contributed by atoms with E-state index in [9.17, 15) is 4.79 Å². The maximum absolute atomic E-state index is 12.3. The van der Waals surface area contributed by atoms with E-state index in [2.05, 4.69) is 6.92 Å². The second-order valence-electron chi connectivity index (χ2n) is 5.26. The smallest absolute Gasteiger partial charge is 0.242 e. The Balaban J connectivity index is 1.98. The number of hydrogen-bond donors (Lipinski definition) is 1. The molecule has 4 heteroatoms. The number of nitrogens with zero attached hydrogens (tertiary/aromatic N) is 1. The monoisotopic (exact) mass is 226 g/mol. The molecule has 92 valence electrons. The van der Waals surface area contributed by atoms with Gasteiger partial charge in [-0.25, -0.2) is 0 Å². The molecule has 16 heavy (non-hydrogen) atoms. The predicted molar refractivity (Wildman–Crippen MR) is 61.9 cm³/mol. The molecule has 1 unspecified atom stereocenters. The van der Waals surface area contributed by atoms with E-state index >= 15 is 0 Å². The highest BCUT2D eigenvalue weighted by molar-refractivity contribution is 5.86. The van der Waals surface area contributed by atoms with Gasteiger partial charge in [0.05, 0.1) is 5.54 Å². The van der Waals surface area contributed by atoms with E-state index in [0.29, 0.717) is 38.0 Å². The fourth-order valence-electron chi connectivity index (χ4n) is 2.38. The van der Waals surface area contributed by atoms with Gasteiger partial charge in [-0.15, -0.1) is 0 Å². The second kappa shape index (κ2) is 4.34. The first-order valence-corrected chi connectivity index (χ1v) is 6.18. The second-order valence-corrected chi connectivity index (χ2v) is 5.26. The fourth-order valence-corrected chi connectivity index (χ4v) is 2.38. The lowest BCUT2D eigenvalue weighted by molar-refractivity contribution is -0.141. The summed E-state index contributed by atoms with van der Waals surface area (Å²) in [5.74, 6) is 0.785. The van der Waals surface area contributed by atoms with Crippen LogP contribution in [0.2, 0.25) is 0 Å². The van der Waals surface area contributed by atoms with Crippen molar-refractivity contribution in [2.45, 2.75) is 44.2 Å². The number of ether oxygens (including phenoxy) is 1. The summed E-state index contributed by atoms with van der Waals surface area (Å²) in [5.41, 5.74) is 5.51. The van der Waals surface area contributed by atoms with E-state index in [0.717, 1.165) is 0 Å². The minimum Gasteiger partial charge on any atom is -0.381 e. The van der Waals surface area contributed by atoms with Crippen LogP contribution in [-0.2, 0) is 9.53 Å². The standard InChI is InChI=1S/C12H22N2O2/c1-9(10-3-4-10)14(2)11(15)12(13)5-7-16-8-6-12/h9-10H,3-8,13H2,1-2H3. The quantitative estimate of drug-likeness (QED) is 0.772. The average molecular weight is 226 g/mol. The van der Waals surface area contributed by atoms with E-state index in [1.165, 1.54) is 12.8 Å². The highest BCUT2D eigenvalue weighted by Gasteiger charge is 2.41. The first-order valence-electron chi connectivity index (χ1n) is 6.18. The first-order chi connectivity index (χ1) is 7.54. The van der Waals surface area contributed by atoms with Crippen molar-refractivity contribution in [2.24, 2.45) is 11.7 Å². The zero-order valence-electron chi connectivity index (χ0n) is 10.2. The summed E-state index contributed by atoms with van der Waals surface area (Å²) in [6.45, 7) is 3.33. The van der Waals surface area contributed by atoms with Gasteiger partial charge in [0.2, 0.25) is 5.91 Å². The zero-order chi connectivity index (χ0) is 11.8. The van der Waals surface area contributed by atoms with Crippen LogP contribution >= 0.6 is 0 Å². The average Bonchev–Trinajstić information content (AvgIpc) is 3.11. The summed E-state index contributed by atoms with van der Waals surface area (Å²) in [6, 6.07) is 0.329. The molecule has 2 rings (SSSR count). The molecule has 1 saturated heterocycles. The maximum atomic E-state index is 12.3. The minimum absolute atomic E-state index is 0.0928. The lowest BCUT2D eigenvalue weighted by Crippen LogP contribution is -2.58. The predicted octanol–water partition coefficient (Wildman–Crippen LogP) is 0.751. The number of amides is 1. The van der Waals surface area contributed by atoms with Crippen molar-refractivity contribution < 1.29 is 9.53 Å². The van der Waals surface area contributed by atoms with Crippen molar-refractivity contribution in [3.8, 4) is 0 Å². The molecule has 1 aliphatic heterocycles. The van der Waals surface area contributed by atoms with Gasteiger partial charge < -0.3 is 15.4 Å². The van der Waals surface area contributed by atoms with Gasteiger partial charge in [0, 0.05) is 26.3 Å². The third kappa shape index (κ3) is 2.23. The number of hydrogen-bond acceptors (Lipinski definition) is 3. The number of carbonyl (C=O) groups is 1. The summed E-state index contributed by atoms with van der Waals surface area (Å²) in [6.07, 6.45) is 3.79. The molecule has 2 N–H and O–H groups in total. The molecule has 1 aliphatic carbocycles. The first kappa shape index (κ1) is 11.9. The number of nitrogens with two attached hydrogens (primary N) is 1. The molecule has 1 amide bonds. The molecule has 0 spiro atoms. The van der Waals surface area contributed by atoms with Crippen LogP contribution < -0.4 is 5.73 Å². The summed E-state index contributed by atoms with van der Waals surface area (Å²) in [5, 5.41) is 0. The van der Waals surface area contributed by atoms with Crippen molar-refractivity contribution in [3.63, 3.8) is 0 Å². The summed E-state index contributed by atoms with van der Waals surface area (Å²) in [7, 11) is 1.88. The molecular formula is C12H22N2O2. The molecule has 1 saturated carbocycles. The summed E-state index contributed by atoms with van der Waals surface area (Å²) in [4.78, 5) is 14.2. The van der Waals surface area contributed by atoms with Crippen LogP contribution in [0.4, 0.5) is 0 Å². The Bertz CT molecular complexity index is 270. The van der Waals surface area contributed by atoms with Gasteiger partial charge >= 0.3 is 0 Å². The molecule has 0 aromatic carbocycles. The van der Waals surface area contributed by atoms with E-state index < -0.39 is 5.54 Å². The van der Waals surface area contributed by atoms with E-state index in [-0.39, 0.29) is 5.91 Å². The van der Waals surface area contributed by atoms with Crippen molar-refractivity contribution in [1.82, 2.24) is 4.90 Å². The van der Waals surface area contributed by atoms with Gasteiger partial charge in [-0.1, -0.05) is 0 Å². The van der Waals surface area contributed by atoms with Gasteiger partial charge in [0.1, 0.15) is 0 Å². The van der Waals surface area contributed by atoms with Crippen molar-refractivity contribution in [1.29, 1.82) is 0 Å². The maximum Gasteiger partial charge on any atom is 0.242 e. The summed E-state index contributed by atoms with van der Waals surface area (Å²) >= 11 is 0. The van der Waals surface area contributed by atoms with Gasteiger partial charge in [0.25, 0.3) is 0 Å². The van der Waals surface area contributed by atoms with Crippen LogP contribution in [0.3, 0.4) is 0 Å². The molecule has 1 heterocycles. The Hall–Kier alpha value is -0.610. The van der Waals surface area contributed by atoms with Gasteiger partial charge in [-0.05, 0) is 38.5 Å². The normalized spacial score (nSPS) is 26.2. The van der Waals surface area contributed by atoms with Crippen LogP contribution in [0.5, 0.6) is 0 Å². The molecule has 0 bridgehead atoms. The Morgan fingerprint density at radius 1 is 1.44 bits per heavy atom. The third-order valence-electron chi connectivity index (χ3n) is 4.05. The molecule has 1 atom stereocenters. The van der Waals surface area contributed by atoms with E-state index in [4.69, 9.17) is 10.5 Å². The van der Waals surface area contributed by atoms with Crippen LogP contribution in [0.15, 0.2) is 0 Å². The van der Waals surface area contributed by atoms with Gasteiger partial charge in [-0.3, -0.25) is 4.79 Å². The highest BCUT2D eigenvalue weighted by atomic mass is 16.5. The number of likely N-dealkylation sites (N-methyl/N-ethyl adjacent to an activating group) is 1. The SMILES string of the molecule is CC(C1CC1)N(C)C(=O)C1(N)CCOCC1. The van der Waals surface area contributed by atoms with E-state index in [1.54, 1.807) is 0 Å².